The number of nitrogens with zero attached hydrogens (tertiary/aromatic N) is 4. The predicted molar refractivity (Wildman–Crippen MR) is 132 cm³/mol. The van der Waals surface area contributed by atoms with E-state index in [1.54, 1.807) is 6.20 Å². The Balaban J connectivity index is 1.36. The normalized spacial score (nSPS) is 10.7. The first-order chi connectivity index (χ1) is 16.4. The molecule has 3 aromatic heterocycles. The van der Waals surface area contributed by atoms with E-state index in [1.807, 2.05) is 70.2 Å². The summed E-state index contributed by atoms with van der Waals surface area (Å²) in [4.78, 5) is 25.5. The van der Waals surface area contributed by atoms with Gasteiger partial charge in [-0.25, -0.2) is 15.0 Å². The number of aromatic nitrogens is 4. The minimum atomic E-state index is -0.0624. The topological polar surface area (TPSA) is 118 Å². The van der Waals surface area contributed by atoms with E-state index in [-0.39, 0.29) is 5.91 Å². The number of carbonyl (C=O) groups excluding carboxylic acids is 1. The number of carbonyl (C=O) groups is 1. The van der Waals surface area contributed by atoms with Crippen LogP contribution in [-0.2, 0) is 11.2 Å². The molecule has 0 aliphatic heterocycles. The summed E-state index contributed by atoms with van der Waals surface area (Å²) in [7, 11) is 0. The molecule has 1 aromatic carbocycles. The van der Waals surface area contributed by atoms with Gasteiger partial charge in [-0.15, -0.1) is 0 Å². The van der Waals surface area contributed by atoms with E-state index in [0.29, 0.717) is 30.3 Å². The smallest absolute Gasteiger partial charge is 0.224 e. The lowest BCUT2D eigenvalue weighted by atomic mass is 10.1. The molecular formula is C25H27N7O2. The highest BCUT2D eigenvalue weighted by molar-refractivity contribution is 5.91. The number of hydrogen-bond donors (Lipinski definition) is 3. The largest absolute Gasteiger partial charge is 0.361 e. The minimum absolute atomic E-state index is 0.0624. The zero-order valence-corrected chi connectivity index (χ0v) is 19.6. The van der Waals surface area contributed by atoms with Gasteiger partial charge in [-0.3, -0.25) is 4.79 Å². The Kier molecular flexibility index (Phi) is 6.82. The number of benzene rings is 1. The van der Waals surface area contributed by atoms with Crippen LogP contribution < -0.4 is 16.0 Å². The van der Waals surface area contributed by atoms with Crippen molar-refractivity contribution in [1.29, 1.82) is 0 Å². The van der Waals surface area contributed by atoms with Crippen molar-refractivity contribution in [3.63, 3.8) is 0 Å². The van der Waals surface area contributed by atoms with Gasteiger partial charge in [0.1, 0.15) is 29.0 Å². The number of nitrogens with one attached hydrogen (secondary N) is 3. The number of anilines is 5. The van der Waals surface area contributed by atoms with Gasteiger partial charge in [-0.05, 0) is 76.1 Å². The highest BCUT2D eigenvalue weighted by Crippen LogP contribution is 2.22. The lowest BCUT2D eigenvalue weighted by molar-refractivity contribution is -0.116. The summed E-state index contributed by atoms with van der Waals surface area (Å²) in [5, 5.41) is 13.3. The molecule has 174 valence electrons. The monoisotopic (exact) mass is 457 g/mol. The average molecular weight is 458 g/mol. The van der Waals surface area contributed by atoms with E-state index in [4.69, 9.17) is 4.52 Å². The Morgan fingerprint density at radius 1 is 0.882 bits per heavy atom. The zero-order chi connectivity index (χ0) is 24.1. The Morgan fingerprint density at radius 2 is 1.59 bits per heavy atom. The SMILES string of the molecule is Cc1ccnc(Nc2cc(Nc3ccc(NC(=O)CCc4c(C)noc4C)cc3)nc(C)n2)c1. The summed E-state index contributed by atoms with van der Waals surface area (Å²) >= 11 is 0. The minimum Gasteiger partial charge on any atom is -0.361 e. The molecular weight excluding hydrogens is 430 g/mol. The fraction of sp³-hybridized carbons (Fsp3) is 0.240. The van der Waals surface area contributed by atoms with E-state index in [9.17, 15) is 4.79 Å². The quantitative estimate of drug-likeness (QED) is 0.332. The van der Waals surface area contributed by atoms with E-state index >= 15 is 0 Å². The van der Waals surface area contributed by atoms with Crippen LogP contribution in [0.3, 0.4) is 0 Å². The first-order valence-corrected chi connectivity index (χ1v) is 11.0. The first kappa shape index (κ1) is 22.9. The first-order valence-electron chi connectivity index (χ1n) is 11.0. The van der Waals surface area contributed by atoms with Gasteiger partial charge in [-0.2, -0.15) is 0 Å². The molecule has 0 aliphatic rings. The predicted octanol–water partition coefficient (Wildman–Crippen LogP) is 5.15. The van der Waals surface area contributed by atoms with Crippen LogP contribution >= 0.6 is 0 Å². The second kappa shape index (κ2) is 10.1. The van der Waals surface area contributed by atoms with Crippen LogP contribution in [0.5, 0.6) is 0 Å². The number of pyridine rings is 1. The molecule has 0 radical (unpaired) electrons. The lowest BCUT2D eigenvalue weighted by Gasteiger charge is -2.11. The summed E-state index contributed by atoms with van der Waals surface area (Å²) in [5.74, 6) is 3.34. The molecule has 9 heteroatoms. The average Bonchev–Trinajstić information content (AvgIpc) is 3.10. The Labute approximate surface area is 198 Å². The molecule has 0 bridgehead atoms. The Morgan fingerprint density at radius 3 is 2.26 bits per heavy atom. The van der Waals surface area contributed by atoms with E-state index in [1.165, 1.54) is 0 Å². The summed E-state index contributed by atoms with van der Waals surface area (Å²) < 4.78 is 5.15. The molecule has 4 aromatic rings. The summed E-state index contributed by atoms with van der Waals surface area (Å²) in [6, 6.07) is 13.2. The highest BCUT2D eigenvalue weighted by atomic mass is 16.5. The molecule has 1 amide bonds. The van der Waals surface area contributed by atoms with Crippen molar-refractivity contribution < 1.29 is 9.32 Å². The molecule has 34 heavy (non-hydrogen) atoms. The van der Waals surface area contributed by atoms with Gasteiger partial charge in [0.05, 0.1) is 5.69 Å². The third-order valence-corrected chi connectivity index (χ3v) is 5.23. The van der Waals surface area contributed by atoms with Gasteiger partial charge in [0.2, 0.25) is 5.91 Å². The van der Waals surface area contributed by atoms with Crippen molar-refractivity contribution in [3.8, 4) is 0 Å². The Hall–Kier alpha value is -4.27. The maximum Gasteiger partial charge on any atom is 0.224 e. The van der Waals surface area contributed by atoms with E-state index < -0.39 is 0 Å². The van der Waals surface area contributed by atoms with Crippen LogP contribution in [0.25, 0.3) is 0 Å². The van der Waals surface area contributed by atoms with Gasteiger partial charge in [0, 0.05) is 35.6 Å². The third kappa shape index (κ3) is 5.94. The highest BCUT2D eigenvalue weighted by Gasteiger charge is 2.11. The van der Waals surface area contributed by atoms with Crippen LogP contribution in [0.4, 0.5) is 28.8 Å². The molecule has 3 N–H and O–H groups in total. The standard InChI is InChI=1S/C25H27N7O2/c1-15-11-12-26-22(13-15)31-24-14-23(27-18(4)28-24)29-19-5-7-20(8-6-19)30-25(33)10-9-21-16(2)32-34-17(21)3/h5-8,11-14H,9-10H2,1-4H3,(H,30,33)(H2,26,27,28,29,31). The van der Waals surface area contributed by atoms with Crippen LogP contribution in [-0.4, -0.2) is 26.0 Å². The molecule has 0 fully saturated rings. The zero-order valence-electron chi connectivity index (χ0n) is 19.6. The fourth-order valence-electron chi connectivity index (χ4n) is 3.54. The number of rotatable bonds is 8. The second-order valence-corrected chi connectivity index (χ2v) is 8.08. The molecule has 0 spiro atoms. The molecule has 9 nitrogen and oxygen atoms in total. The van der Waals surface area contributed by atoms with Crippen molar-refractivity contribution in [1.82, 2.24) is 20.1 Å². The van der Waals surface area contributed by atoms with Crippen molar-refractivity contribution in [2.75, 3.05) is 16.0 Å². The molecule has 0 atom stereocenters. The van der Waals surface area contributed by atoms with Crippen molar-refractivity contribution >= 4 is 34.7 Å². The third-order valence-electron chi connectivity index (χ3n) is 5.23. The van der Waals surface area contributed by atoms with Gasteiger partial charge in [-0.1, -0.05) is 5.16 Å². The Bertz CT molecular complexity index is 1280. The van der Waals surface area contributed by atoms with Gasteiger partial charge in [0.25, 0.3) is 0 Å². The van der Waals surface area contributed by atoms with Crippen molar-refractivity contribution in [2.24, 2.45) is 0 Å². The van der Waals surface area contributed by atoms with Gasteiger partial charge < -0.3 is 20.5 Å². The van der Waals surface area contributed by atoms with E-state index in [0.717, 1.165) is 39.8 Å². The van der Waals surface area contributed by atoms with Gasteiger partial charge >= 0.3 is 0 Å². The summed E-state index contributed by atoms with van der Waals surface area (Å²) in [5.41, 5.74) is 4.49. The molecule has 0 saturated carbocycles. The van der Waals surface area contributed by atoms with Crippen LogP contribution in [0.2, 0.25) is 0 Å². The van der Waals surface area contributed by atoms with E-state index in [2.05, 4.69) is 36.1 Å². The maximum atomic E-state index is 12.3. The second-order valence-electron chi connectivity index (χ2n) is 8.08. The van der Waals surface area contributed by atoms with Crippen molar-refractivity contribution in [3.05, 3.63) is 77.1 Å². The molecule has 0 aliphatic carbocycles. The molecule has 4 rings (SSSR count). The number of aryl methyl sites for hydroxylation is 4. The molecule has 3 heterocycles. The molecule has 0 saturated heterocycles. The number of hydrogen-bond acceptors (Lipinski definition) is 8. The maximum absolute atomic E-state index is 12.3. The van der Waals surface area contributed by atoms with Gasteiger partial charge in [0.15, 0.2) is 0 Å². The van der Waals surface area contributed by atoms with Crippen LogP contribution in [0.15, 0.2) is 53.2 Å². The lowest BCUT2D eigenvalue weighted by Crippen LogP contribution is -2.12. The summed E-state index contributed by atoms with van der Waals surface area (Å²) in [6.45, 7) is 7.58. The summed E-state index contributed by atoms with van der Waals surface area (Å²) in [6.07, 6.45) is 2.70. The van der Waals surface area contributed by atoms with Crippen LogP contribution in [0.1, 0.15) is 34.8 Å². The fourth-order valence-corrected chi connectivity index (χ4v) is 3.54. The number of amides is 1. The van der Waals surface area contributed by atoms with Crippen molar-refractivity contribution in [2.45, 2.75) is 40.5 Å². The van der Waals surface area contributed by atoms with Crippen LogP contribution in [0, 0.1) is 27.7 Å². The molecule has 0 unspecified atom stereocenters.